The van der Waals surface area contributed by atoms with E-state index in [1.54, 1.807) is 0 Å². The van der Waals surface area contributed by atoms with Crippen molar-refractivity contribution < 1.29 is 12.8 Å². The molecular weight excluding hydrogens is 309 g/mol. The van der Waals surface area contributed by atoms with Crippen molar-refractivity contribution in [2.45, 2.75) is 22.6 Å². The van der Waals surface area contributed by atoms with E-state index < -0.39 is 15.8 Å². The van der Waals surface area contributed by atoms with Crippen molar-refractivity contribution in [3.05, 3.63) is 30.1 Å². The molecule has 1 fully saturated rings. The highest BCUT2D eigenvalue weighted by molar-refractivity contribution is 9.09. The molecule has 0 aromatic heterocycles. The lowest BCUT2D eigenvalue weighted by atomic mass is 10.2. The highest BCUT2D eigenvalue weighted by atomic mass is 79.9. The fourth-order valence-corrected chi connectivity index (χ4v) is 4.26. The molecule has 2 rings (SSSR count). The highest BCUT2D eigenvalue weighted by Gasteiger charge is 2.29. The van der Waals surface area contributed by atoms with E-state index in [2.05, 4.69) is 15.9 Å². The molecule has 3 nitrogen and oxygen atoms in total. The molecule has 1 heterocycles. The first-order chi connectivity index (χ1) is 8.00. The third kappa shape index (κ3) is 2.86. The number of halogens is 2. The van der Waals surface area contributed by atoms with Gasteiger partial charge in [-0.25, -0.2) is 12.8 Å². The standard InChI is InChI=1S/C11H13BrFNO2S/c12-9-2-1-7-14(8-9)17(15,16)11-5-3-10(13)4-6-11/h3-6,9H,1-2,7-8H2. The van der Waals surface area contributed by atoms with Crippen molar-refractivity contribution in [3.63, 3.8) is 0 Å². The molecule has 1 atom stereocenters. The zero-order valence-electron chi connectivity index (χ0n) is 9.14. The Morgan fingerprint density at radius 3 is 2.53 bits per heavy atom. The zero-order valence-corrected chi connectivity index (χ0v) is 11.5. The molecule has 6 heteroatoms. The van der Waals surface area contributed by atoms with Crippen molar-refractivity contribution in [2.24, 2.45) is 0 Å². The Kier molecular flexibility index (Phi) is 3.85. The number of hydrogen-bond acceptors (Lipinski definition) is 2. The third-order valence-corrected chi connectivity index (χ3v) is 5.40. The summed E-state index contributed by atoms with van der Waals surface area (Å²) in [4.78, 5) is 0.354. The van der Waals surface area contributed by atoms with Crippen LogP contribution in [-0.2, 0) is 10.0 Å². The van der Waals surface area contributed by atoms with E-state index in [4.69, 9.17) is 0 Å². The van der Waals surface area contributed by atoms with Crippen LogP contribution in [0, 0.1) is 5.82 Å². The summed E-state index contributed by atoms with van der Waals surface area (Å²) in [5.74, 6) is -0.430. The second-order valence-corrected chi connectivity index (χ2v) is 7.29. The van der Waals surface area contributed by atoms with Crippen molar-refractivity contribution in [1.82, 2.24) is 4.31 Å². The fourth-order valence-electron chi connectivity index (χ4n) is 1.87. The molecule has 0 amide bonds. The van der Waals surface area contributed by atoms with Crippen LogP contribution in [0.25, 0.3) is 0 Å². The van der Waals surface area contributed by atoms with Gasteiger partial charge in [0.05, 0.1) is 4.90 Å². The minimum Gasteiger partial charge on any atom is -0.207 e. The Morgan fingerprint density at radius 2 is 1.94 bits per heavy atom. The van der Waals surface area contributed by atoms with Crippen LogP contribution in [0.15, 0.2) is 29.2 Å². The van der Waals surface area contributed by atoms with Crippen molar-refractivity contribution in [1.29, 1.82) is 0 Å². The van der Waals surface area contributed by atoms with E-state index in [0.29, 0.717) is 13.1 Å². The van der Waals surface area contributed by atoms with Crippen molar-refractivity contribution >= 4 is 26.0 Å². The first-order valence-corrected chi connectivity index (χ1v) is 7.75. The number of nitrogens with zero attached hydrogens (tertiary/aromatic N) is 1. The van der Waals surface area contributed by atoms with Crippen molar-refractivity contribution in [2.75, 3.05) is 13.1 Å². The number of benzene rings is 1. The Bertz CT molecular complexity index is 489. The summed E-state index contributed by atoms with van der Waals surface area (Å²) < 4.78 is 38.7. The van der Waals surface area contributed by atoms with Gasteiger partial charge < -0.3 is 0 Å². The molecule has 1 saturated heterocycles. The molecule has 0 saturated carbocycles. The maximum Gasteiger partial charge on any atom is 0.243 e. The van der Waals surface area contributed by atoms with E-state index in [1.807, 2.05) is 0 Å². The first-order valence-electron chi connectivity index (χ1n) is 5.40. The third-order valence-electron chi connectivity index (χ3n) is 2.78. The Hall–Kier alpha value is -0.460. The van der Waals surface area contributed by atoms with Gasteiger partial charge in [-0.05, 0) is 37.1 Å². The maximum absolute atomic E-state index is 12.8. The monoisotopic (exact) mass is 321 g/mol. The van der Waals surface area contributed by atoms with Crippen LogP contribution in [0.3, 0.4) is 0 Å². The number of sulfonamides is 1. The summed E-state index contributed by atoms with van der Waals surface area (Å²) in [6.45, 7) is 1.00. The van der Waals surface area contributed by atoms with Gasteiger partial charge in [-0.1, -0.05) is 15.9 Å². The van der Waals surface area contributed by atoms with Gasteiger partial charge in [-0.15, -0.1) is 0 Å². The Labute approximate surface area is 109 Å². The van der Waals surface area contributed by atoms with Gasteiger partial charge in [0.2, 0.25) is 10.0 Å². The molecule has 1 aliphatic rings. The Morgan fingerprint density at radius 1 is 1.29 bits per heavy atom. The molecule has 1 aromatic rings. The molecule has 0 N–H and O–H groups in total. The van der Waals surface area contributed by atoms with Gasteiger partial charge in [-0.2, -0.15) is 4.31 Å². The SMILES string of the molecule is O=S(=O)(c1ccc(F)cc1)N1CCCC(Br)C1. The second kappa shape index (κ2) is 5.04. The second-order valence-electron chi connectivity index (χ2n) is 4.06. The topological polar surface area (TPSA) is 37.4 Å². The molecule has 0 bridgehead atoms. The van der Waals surface area contributed by atoms with Gasteiger partial charge in [-0.3, -0.25) is 0 Å². The fraction of sp³-hybridized carbons (Fsp3) is 0.455. The molecule has 0 radical (unpaired) electrons. The summed E-state index contributed by atoms with van der Waals surface area (Å²) in [5.41, 5.74) is 0. The van der Waals surface area contributed by atoms with Crippen molar-refractivity contribution in [3.8, 4) is 0 Å². The normalized spacial score (nSPS) is 22.6. The zero-order chi connectivity index (χ0) is 12.5. The van der Waals surface area contributed by atoms with Crippen LogP contribution < -0.4 is 0 Å². The van der Waals surface area contributed by atoms with Crippen LogP contribution in [0.2, 0.25) is 0 Å². The van der Waals surface area contributed by atoms with E-state index >= 15 is 0 Å². The van der Waals surface area contributed by atoms with E-state index in [-0.39, 0.29) is 9.72 Å². The largest absolute Gasteiger partial charge is 0.243 e. The number of piperidine rings is 1. The maximum atomic E-state index is 12.8. The van der Waals surface area contributed by atoms with E-state index in [1.165, 1.54) is 28.6 Å². The van der Waals surface area contributed by atoms with E-state index in [9.17, 15) is 12.8 Å². The quantitative estimate of drug-likeness (QED) is 0.784. The predicted octanol–water partition coefficient (Wildman–Crippen LogP) is 2.37. The summed E-state index contributed by atoms with van der Waals surface area (Å²) >= 11 is 3.44. The molecule has 0 aliphatic carbocycles. The summed E-state index contributed by atoms with van der Waals surface area (Å²) in [5, 5.41) is 0. The lowest BCUT2D eigenvalue weighted by Gasteiger charge is -2.29. The molecule has 1 aromatic carbocycles. The van der Waals surface area contributed by atoms with Crippen LogP contribution in [0.5, 0.6) is 0 Å². The van der Waals surface area contributed by atoms with E-state index in [0.717, 1.165) is 12.8 Å². The van der Waals surface area contributed by atoms with Crippen LogP contribution in [0.1, 0.15) is 12.8 Å². The smallest absolute Gasteiger partial charge is 0.207 e. The van der Waals surface area contributed by atoms with Gasteiger partial charge in [0.25, 0.3) is 0 Å². The van der Waals surface area contributed by atoms with Crippen LogP contribution in [-0.4, -0.2) is 30.6 Å². The molecular formula is C11H13BrFNO2S. The van der Waals surface area contributed by atoms with Crippen LogP contribution >= 0.6 is 15.9 Å². The summed E-state index contributed by atoms with van der Waals surface area (Å²) in [6.07, 6.45) is 1.83. The highest BCUT2D eigenvalue weighted by Crippen LogP contribution is 2.23. The first kappa shape index (κ1) is 13.0. The van der Waals surface area contributed by atoms with Gasteiger partial charge in [0.1, 0.15) is 5.82 Å². The average molecular weight is 322 g/mol. The summed E-state index contributed by atoms with van der Waals surface area (Å²) in [6, 6.07) is 4.95. The molecule has 1 unspecified atom stereocenters. The molecule has 94 valence electrons. The average Bonchev–Trinajstić information content (AvgIpc) is 2.29. The van der Waals surface area contributed by atoms with Gasteiger partial charge in [0.15, 0.2) is 0 Å². The summed E-state index contributed by atoms with van der Waals surface area (Å²) in [7, 11) is -3.48. The number of rotatable bonds is 2. The van der Waals surface area contributed by atoms with Crippen LogP contribution in [0.4, 0.5) is 4.39 Å². The number of hydrogen-bond donors (Lipinski definition) is 0. The molecule has 0 spiro atoms. The van der Waals surface area contributed by atoms with Gasteiger partial charge in [0, 0.05) is 17.9 Å². The molecule has 17 heavy (non-hydrogen) atoms. The predicted molar refractivity (Wildman–Crippen MR) is 67.1 cm³/mol. The lowest BCUT2D eigenvalue weighted by molar-refractivity contribution is 0.356. The minimum atomic E-state index is -3.48. The van der Waals surface area contributed by atoms with Gasteiger partial charge >= 0.3 is 0 Å². The minimum absolute atomic E-state index is 0.153. The lowest BCUT2D eigenvalue weighted by Crippen LogP contribution is -2.40. The number of alkyl halides is 1. The molecule has 1 aliphatic heterocycles. The Balaban J connectivity index is 2.26.